The minimum absolute atomic E-state index is 0.144. The van der Waals surface area contributed by atoms with Gasteiger partial charge in [-0.1, -0.05) is 64.7 Å². The van der Waals surface area contributed by atoms with Crippen molar-refractivity contribution in [2.24, 2.45) is 0 Å². The van der Waals surface area contributed by atoms with Crippen LogP contribution in [0.1, 0.15) is 71.1 Å². The molecular formula is C17H34O5. The molecule has 132 valence electrons. The zero-order valence-electron chi connectivity index (χ0n) is 14.0. The lowest BCUT2D eigenvalue weighted by Crippen LogP contribution is -2.34. The van der Waals surface area contributed by atoms with E-state index in [1.807, 2.05) is 0 Å². The normalized spacial score (nSPS) is 15.5. The Hall–Kier alpha value is -0.490. The largest absolute Gasteiger partial charge is 0.394 e. The molecule has 0 fully saturated rings. The lowest BCUT2D eigenvalue weighted by molar-refractivity contribution is -0.130. The summed E-state index contributed by atoms with van der Waals surface area (Å²) in [7, 11) is 0. The summed E-state index contributed by atoms with van der Waals surface area (Å²) in [5.74, 6) is 0. The number of hydrogen-bond donors (Lipinski definition) is 3. The minimum atomic E-state index is -1.01. The molecule has 5 heteroatoms. The molecule has 0 heterocycles. The number of aliphatic hydroxyl groups is 3. The summed E-state index contributed by atoms with van der Waals surface area (Å²) in [6, 6.07) is 0. The highest BCUT2D eigenvalue weighted by atomic mass is 16.5. The molecule has 0 aromatic heterocycles. The van der Waals surface area contributed by atoms with Crippen molar-refractivity contribution >= 4 is 6.29 Å². The number of aldehydes is 1. The average molecular weight is 318 g/mol. The summed E-state index contributed by atoms with van der Waals surface area (Å²) in [4.78, 5) is 10.9. The summed E-state index contributed by atoms with van der Waals surface area (Å²) < 4.78 is 5.11. The van der Waals surface area contributed by atoms with Crippen LogP contribution in [0.2, 0.25) is 0 Å². The predicted octanol–water partition coefficient (Wildman–Crippen LogP) is 2.21. The van der Waals surface area contributed by atoms with E-state index in [0.29, 0.717) is 12.7 Å². The predicted molar refractivity (Wildman–Crippen MR) is 86.7 cm³/mol. The second-order valence-electron chi connectivity index (χ2n) is 5.95. The first-order chi connectivity index (χ1) is 10.7. The van der Waals surface area contributed by atoms with Crippen molar-refractivity contribution in [3.05, 3.63) is 0 Å². The lowest BCUT2D eigenvalue weighted by Gasteiger charge is -2.19. The number of carbonyl (C=O) groups excluding carboxylic acids is 1. The number of aliphatic hydroxyl groups excluding tert-OH is 3. The van der Waals surface area contributed by atoms with E-state index >= 15 is 0 Å². The number of hydrogen-bond acceptors (Lipinski definition) is 5. The molecule has 3 atom stereocenters. The van der Waals surface area contributed by atoms with Gasteiger partial charge in [-0.15, -0.1) is 0 Å². The Bertz CT molecular complexity index is 247. The third kappa shape index (κ3) is 12.1. The first-order valence-corrected chi connectivity index (χ1v) is 8.69. The maximum absolute atomic E-state index is 10.9. The van der Waals surface area contributed by atoms with Crippen LogP contribution in [0, 0.1) is 0 Å². The molecule has 0 saturated carbocycles. The molecule has 3 N–H and O–H groups in total. The highest BCUT2D eigenvalue weighted by molar-refractivity contribution is 5.57. The Morgan fingerprint density at radius 3 is 2.00 bits per heavy atom. The Morgan fingerprint density at radius 1 is 0.955 bits per heavy atom. The summed E-state index contributed by atoms with van der Waals surface area (Å²) in [6.45, 7) is 1.65. The van der Waals surface area contributed by atoms with Crippen LogP contribution in [0.25, 0.3) is 0 Å². The quantitative estimate of drug-likeness (QED) is 0.300. The third-order valence-electron chi connectivity index (χ3n) is 3.81. The molecule has 0 amide bonds. The molecule has 0 radical (unpaired) electrons. The van der Waals surface area contributed by atoms with E-state index in [1.54, 1.807) is 0 Å². The monoisotopic (exact) mass is 318 g/mol. The Kier molecular flexibility index (Phi) is 15.1. The van der Waals surface area contributed by atoms with E-state index in [0.717, 1.165) is 19.3 Å². The van der Waals surface area contributed by atoms with Gasteiger partial charge in [0.2, 0.25) is 0 Å². The molecule has 0 rings (SSSR count). The van der Waals surface area contributed by atoms with Gasteiger partial charge in [0.25, 0.3) is 0 Å². The zero-order chi connectivity index (χ0) is 16.6. The summed E-state index contributed by atoms with van der Waals surface area (Å²) in [5, 5.41) is 27.7. The van der Waals surface area contributed by atoms with E-state index in [4.69, 9.17) is 14.9 Å². The van der Waals surface area contributed by atoms with Crippen LogP contribution < -0.4 is 0 Å². The molecule has 0 spiro atoms. The van der Waals surface area contributed by atoms with Crippen molar-refractivity contribution in [1.29, 1.82) is 0 Å². The summed E-state index contributed by atoms with van der Waals surface area (Å²) in [6.07, 6.45) is 9.13. The van der Waals surface area contributed by atoms with Gasteiger partial charge >= 0.3 is 0 Å². The van der Waals surface area contributed by atoms with Crippen LogP contribution in [0.15, 0.2) is 0 Å². The number of unbranched alkanes of at least 4 members (excludes halogenated alkanes) is 8. The van der Waals surface area contributed by atoms with Crippen molar-refractivity contribution in [2.45, 2.75) is 89.4 Å². The van der Waals surface area contributed by atoms with Gasteiger partial charge in [-0.25, -0.2) is 0 Å². The SMILES string of the molecule is CCCCCCCCCCCC(O)C(C=O)OCC(O)CO. The van der Waals surface area contributed by atoms with Crippen LogP contribution in [-0.4, -0.2) is 53.1 Å². The Balaban J connectivity index is 3.56. The standard InChI is InChI=1S/C17H34O5/c1-2-3-4-5-6-7-8-9-10-11-16(21)17(13-19)22-14-15(20)12-18/h13,15-18,20-21H,2-12,14H2,1H3. The Morgan fingerprint density at radius 2 is 1.50 bits per heavy atom. The van der Waals surface area contributed by atoms with Gasteiger partial charge < -0.3 is 24.9 Å². The van der Waals surface area contributed by atoms with Gasteiger partial charge in [0.15, 0.2) is 6.29 Å². The highest BCUT2D eigenvalue weighted by Gasteiger charge is 2.19. The number of carbonyl (C=O) groups is 1. The van der Waals surface area contributed by atoms with Gasteiger partial charge in [0, 0.05) is 0 Å². The zero-order valence-corrected chi connectivity index (χ0v) is 14.0. The van der Waals surface area contributed by atoms with E-state index in [-0.39, 0.29) is 6.61 Å². The maximum atomic E-state index is 10.9. The molecule has 5 nitrogen and oxygen atoms in total. The minimum Gasteiger partial charge on any atom is -0.394 e. The van der Waals surface area contributed by atoms with Crippen molar-refractivity contribution in [1.82, 2.24) is 0 Å². The van der Waals surface area contributed by atoms with Crippen LogP contribution >= 0.6 is 0 Å². The number of ether oxygens (including phenoxy) is 1. The summed E-state index contributed by atoms with van der Waals surface area (Å²) >= 11 is 0. The van der Waals surface area contributed by atoms with Gasteiger partial charge in [-0.3, -0.25) is 0 Å². The fourth-order valence-corrected chi connectivity index (χ4v) is 2.34. The van der Waals surface area contributed by atoms with E-state index in [2.05, 4.69) is 6.92 Å². The summed E-state index contributed by atoms with van der Waals surface area (Å²) in [5.41, 5.74) is 0. The first-order valence-electron chi connectivity index (χ1n) is 8.69. The van der Waals surface area contributed by atoms with E-state index < -0.39 is 24.9 Å². The van der Waals surface area contributed by atoms with Crippen LogP contribution in [0.4, 0.5) is 0 Å². The van der Waals surface area contributed by atoms with Crippen LogP contribution in [0.3, 0.4) is 0 Å². The highest BCUT2D eigenvalue weighted by Crippen LogP contribution is 2.13. The average Bonchev–Trinajstić information content (AvgIpc) is 2.53. The maximum Gasteiger partial charge on any atom is 0.151 e. The molecule has 0 saturated heterocycles. The third-order valence-corrected chi connectivity index (χ3v) is 3.81. The molecule has 0 aromatic rings. The second-order valence-corrected chi connectivity index (χ2v) is 5.95. The molecule has 0 bridgehead atoms. The fraction of sp³-hybridized carbons (Fsp3) is 0.941. The van der Waals surface area contributed by atoms with E-state index in [1.165, 1.54) is 38.5 Å². The number of rotatable bonds is 16. The lowest BCUT2D eigenvalue weighted by atomic mass is 10.0. The smallest absolute Gasteiger partial charge is 0.151 e. The van der Waals surface area contributed by atoms with Crippen LogP contribution in [0.5, 0.6) is 0 Å². The molecule has 3 unspecified atom stereocenters. The van der Waals surface area contributed by atoms with Gasteiger partial charge in [0.1, 0.15) is 12.2 Å². The van der Waals surface area contributed by atoms with Gasteiger partial charge in [0.05, 0.1) is 19.3 Å². The topological polar surface area (TPSA) is 87.0 Å². The first kappa shape index (κ1) is 21.5. The van der Waals surface area contributed by atoms with Crippen molar-refractivity contribution in [2.75, 3.05) is 13.2 Å². The fourth-order valence-electron chi connectivity index (χ4n) is 2.34. The molecule has 0 aliphatic heterocycles. The second kappa shape index (κ2) is 15.4. The van der Waals surface area contributed by atoms with Crippen molar-refractivity contribution < 1.29 is 24.9 Å². The molecule has 22 heavy (non-hydrogen) atoms. The van der Waals surface area contributed by atoms with Crippen LogP contribution in [-0.2, 0) is 9.53 Å². The molecule has 0 aliphatic carbocycles. The molecular weight excluding hydrogens is 284 g/mol. The van der Waals surface area contributed by atoms with Gasteiger partial charge in [-0.2, -0.15) is 0 Å². The van der Waals surface area contributed by atoms with Gasteiger partial charge in [-0.05, 0) is 6.42 Å². The molecule has 0 aliphatic rings. The Labute approximate surface area is 134 Å². The molecule has 0 aromatic carbocycles. The van der Waals surface area contributed by atoms with E-state index in [9.17, 15) is 9.90 Å². The van der Waals surface area contributed by atoms with Crippen molar-refractivity contribution in [3.63, 3.8) is 0 Å². The van der Waals surface area contributed by atoms with Crippen molar-refractivity contribution in [3.8, 4) is 0 Å².